The highest BCUT2D eigenvalue weighted by Gasteiger charge is 2.41. The normalized spacial score (nSPS) is 21.4. The van der Waals surface area contributed by atoms with Crippen molar-refractivity contribution in [3.8, 4) is 5.95 Å². The van der Waals surface area contributed by atoms with Crippen LogP contribution >= 0.6 is 0 Å². The van der Waals surface area contributed by atoms with Crippen LogP contribution in [0, 0.1) is 0 Å². The van der Waals surface area contributed by atoms with Crippen LogP contribution in [0.1, 0.15) is 39.0 Å². The van der Waals surface area contributed by atoms with Crippen molar-refractivity contribution in [2.45, 2.75) is 51.1 Å². The molecule has 0 N–H and O–H groups in total. The maximum Gasteiger partial charge on any atom is 0.249 e. The van der Waals surface area contributed by atoms with Crippen LogP contribution in [-0.2, 0) is 4.79 Å². The molecule has 1 aliphatic carbocycles. The summed E-state index contributed by atoms with van der Waals surface area (Å²) in [6, 6.07) is 0.244. The number of anilines is 2. The molecule has 2 aliphatic rings. The molecule has 126 valence electrons. The van der Waals surface area contributed by atoms with Crippen LogP contribution in [0.5, 0.6) is 0 Å². The van der Waals surface area contributed by atoms with Crippen molar-refractivity contribution in [1.82, 2.24) is 19.5 Å². The van der Waals surface area contributed by atoms with E-state index in [0.717, 1.165) is 30.8 Å². The average Bonchev–Trinajstić information content (AvgIpc) is 3.30. The largest absolute Gasteiger partial charge is 0.340 e. The summed E-state index contributed by atoms with van der Waals surface area (Å²) in [7, 11) is 1.82. The molecular formula is C17H22N6O. The lowest BCUT2D eigenvalue weighted by atomic mass is 10.0. The van der Waals surface area contributed by atoms with E-state index in [-0.39, 0.29) is 11.9 Å². The molecule has 1 aliphatic heterocycles. The van der Waals surface area contributed by atoms with Gasteiger partial charge >= 0.3 is 0 Å². The number of rotatable bonds is 3. The van der Waals surface area contributed by atoms with Crippen molar-refractivity contribution in [2.75, 3.05) is 16.8 Å². The van der Waals surface area contributed by atoms with Gasteiger partial charge < -0.3 is 9.80 Å². The number of amides is 1. The molecular weight excluding hydrogens is 304 g/mol. The summed E-state index contributed by atoms with van der Waals surface area (Å²) < 4.78 is 1.80. The third-order valence-electron chi connectivity index (χ3n) is 5.13. The molecule has 2 aromatic rings. The molecule has 1 atom stereocenters. The number of aromatic nitrogens is 4. The number of hydrogen-bond donors (Lipinski definition) is 0. The molecule has 1 amide bonds. The summed E-state index contributed by atoms with van der Waals surface area (Å²) in [5.41, 5.74) is 0.792. The first-order valence-corrected chi connectivity index (χ1v) is 8.62. The number of imidazole rings is 1. The van der Waals surface area contributed by atoms with Gasteiger partial charge in [-0.3, -0.25) is 9.36 Å². The van der Waals surface area contributed by atoms with E-state index in [1.807, 2.05) is 13.2 Å². The molecule has 4 rings (SSSR count). The fourth-order valence-corrected chi connectivity index (χ4v) is 3.88. The predicted molar refractivity (Wildman–Crippen MR) is 91.4 cm³/mol. The van der Waals surface area contributed by atoms with Gasteiger partial charge in [0.15, 0.2) is 5.82 Å². The lowest BCUT2D eigenvalue weighted by molar-refractivity contribution is -0.120. The third kappa shape index (κ3) is 2.26. The lowest BCUT2D eigenvalue weighted by Crippen LogP contribution is -2.55. The SMILES string of the molecule is CCC1C(=O)N(C)c2cnc(-n3ccnc3)nc2N1C1CCCC1. The Bertz CT molecular complexity index is 738. The minimum Gasteiger partial charge on any atom is -0.340 e. The van der Waals surface area contributed by atoms with Gasteiger partial charge in [0.25, 0.3) is 0 Å². The maximum atomic E-state index is 12.8. The third-order valence-corrected chi connectivity index (χ3v) is 5.13. The Labute approximate surface area is 141 Å². The van der Waals surface area contributed by atoms with E-state index in [0.29, 0.717) is 12.0 Å². The van der Waals surface area contributed by atoms with Gasteiger partial charge in [-0.05, 0) is 19.3 Å². The second-order valence-corrected chi connectivity index (χ2v) is 6.52. The number of likely N-dealkylation sites (N-methyl/N-ethyl adjacent to an activating group) is 1. The van der Waals surface area contributed by atoms with Gasteiger partial charge in [-0.2, -0.15) is 4.98 Å². The average molecular weight is 326 g/mol. The smallest absolute Gasteiger partial charge is 0.249 e. The number of carbonyl (C=O) groups is 1. The first-order valence-electron chi connectivity index (χ1n) is 8.62. The van der Waals surface area contributed by atoms with Crippen LogP contribution in [0.4, 0.5) is 11.5 Å². The molecule has 0 bridgehead atoms. The number of nitrogens with zero attached hydrogens (tertiary/aromatic N) is 6. The van der Waals surface area contributed by atoms with Crippen molar-refractivity contribution >= 4 is 17.4 Å². The molecule has 1 unspecified atom stereocenters. The van der Waals surface area contributed by atoms with Crippen molar-refractivity contribution in [3.63, 3.8) is 0 Å². The molecule has 7 nitrogen and oxygen atoms in total. The van der Waals surface area contributed by atoms with E-state index in [9.17, 15) is 4.79 Å². The second-order valence-electron chi connectivity index (χ2n) is 6.52. The lowest BCUT2D eigenvalue weighted by Gasteiger charge is -2.43. The first kappa shape index (κ1) is 15.1. The molecule has 0 saturated heterocycles. The summed E-state index contributed by atoms with van der Waals surface area (Å²) in [5.74, 6) is 1.59. The van der Waals surface area contributed by atoms with Gasteiger partial charge in [-0.1, -0.05) is 19.8 Å². The Morgan fingerprint density at radius 2 is 2.08 bits per heavy atom. The minimum atomic E-state index is -0.142. The van der Waals surface area contributed by atoms with Crippen molar-refractivity contribution < 1.29 is 4.79 Å². The van der Waals surface area contributed by atoms with Gasteiger partial charge in [-0.25, -0.2) is 9.97 Å². The van der Waals surface area contributed by atoms with Crippen LogP contribution in [0.15, 0.2) is 24.9 Å². The maximum absolute atomic E-state index is 12.8. The van der Waals surface area contributed by atoms with Crippen molar-refractivity contribution in [2.24, 2.45) is 0 Å². The van der Waals surface area contributed by atoms with Crippen LogP contribution in [0.2, 0.25) is 0 Å². The zero-order chi connectivity index (χ0) is 16.7. The topological polar surface area (TPSA) is 67.2 Å². The zero-order valence-electron chi connectivity index (χ0n) is 14.1. The summed E-state index contributed by atoms with van der Waals surface area (Å²) in [4.78, 5) is 30.1. The number of carbonyl (C=O) groups excluding carboxylic acids is 1. The van der Waals surface area contributed by atoms with Crippen LogP contribution < -0.4 is 9.80 Å². The van der Waals surface area contributed by atoms with Gasteiger partial charge in [0.1, 0.15) is 18.1 Å². The Hall–Kier alpha value is -2.44. The molecule has 24 heavy (non-hydrogen) atoms. The van der Waals surface area contributed by atoms with E-state index in [2.05, 4.69) is 21.8 Å². The molecule has 0 spiro atoms. The van der Waals surface area contributed by atoms with Gasteiger partial charge in [0.05, 0.1) is 6.20 Å². The van der Waals surface area contributed by atoms with E-state index < -0.39 is 0 Å². The monoisotopic (exact) mass is 326 g/mol. The van der Waals surface area contributed by atoms with Crippen LogP contribution in [-0.4, -0.2) is 44.6 Å². The Balaban J connectivity index is 1.84. The van der Waals surface area contributed by atoms with Gasteiger partial charge in [-0.15, -0.1) is 0 Å². The van der Waals surface area contributed by atoms with E-state index in [1.165, 1.54) is 12.8 Å². The van der Waals surface area contributed by atoms with E-state index >= 15 is 0 Å². The van der Waals surface area contributed by atoms with Gasteiger partial charge in [0, 0.05) is 25.5 Å². The first-order chi connectivity index (χ1) is 11.7. The van der Waals surface area contributed by atoms with E-state index in [4.69, 9.17) is 4.98 Å². The van der Waals surface area contributed by atoms with Crippen molar-refractivity contribution in [3.05, 3.63) is 24.9 Å². The fourth-order valence-electron chi connectivity index (χ4n) is 3.88. The minimum absolute atomic E-state index is 0.135. The number of hydrogen-bond acceptors (Lipinski definition) is 5. The molecule has 1 fully saturated rings. The summed E-state index contributed by atoms with van der Waals surface area (Å²) in [6.07, 6.45) is 12.4. The zero-order valence-corrected chi connectivity index (χ0v) is 14.1. The predicted octanol–water partition coefficient (Wildman–Crippen LogP) is 2.17. The van der Waals surface area contributed by atoms with E-state index in [1.54, 1.807) is 28.2 Å². The molecule has 3 heterocycles. The summed E-state index contributed by atoms with van der Waals surface area (Å²) >= 11 is 0. The highest BCUT2D eigenvalue weighted by molar-refractivity contribution is 6.04. The second kappa shape index (κ2) is 5.89. The quantitative estimate of drug-likeness (QED) is 0.865. The fraction of sp³-hybridized carbons (Fsp3) is 0.529. The Morgan fingerprint density at radius 1 is 1.29 bits per heavy atom. The Morgan fingerprint density at radius 3 is 2.75 bits per heavy atom. The van der Waals surface area contributed by atoms with Crippen LogP contribution in [0.3, 0.4) is 0 Å². The standard InChI is InChI=1S/C17H22N6O/c1-3-13-16(24)21(2)14-10-19-17(22-9-8-18-11-22)20-15(14)23(13)12-6-4-5-7-12/h8-13H,3-7H2,1-2H3. The van der Waals surface area contributed by atoms with Gasteiger partial charge in [0.2, 0.25) is 11.9 Å². The molecule has 0 radical (unpaired) electrons. The molecule has 2 aromatic heterocycles. The highest BCUT2D eigenvalue weighted by Crippen LogP contribution is 2.39. The van der Waals surface area contributed by atoms with Crippen molar-refractivity contribution in [1.29, 1.82) is 0 Å². The molecule has 7 heteroatoms. The highest BCUT2D eigenvalue weighted by atomic mass is 16.2. The number of fused-ring (bicyclic) bond motifs is 1. The molecule has 1 saturated carbocycles. The molecule has 0 aromatic carbocycles. The summed E-state index contributed by atoms with van der Waals surface area (Å²) in [5, 5.41) is 0. The van der Waals surface area contributed by atoms with Crippen LogP contribution in [0.25, 0.3) is 5.95 Å². The summed E-state index contributed by atoms with van der Waals surface area (Å²) in [6.45, 7) is 2.07. The Kier molecular flexibility index (Phi) is 3.70.